The van der Waals surface area contributed by atoms with Crippen molar-refractivity contribution in [2.45, 2.75) is 0 Å². The van der Waals surface area contributed by atoms with Crippen LogP contribution in [0.5, 0.6) is 0 Å². The molecule has 1 aromatic carbocycles. The predicted molar refractivity (Wildman–Crippen MR) is 71.8 cm³/mol. The summed E-state index contributed by atoms with van der Waals surface area (Å²) < 4.78 is 5.82. The molecule has 3 rings (SSSR count). The summed E-state index contributed by atoms with van der Waals surface area (Å²) in [6, 6.07) is 17.6. The molecule has 0 saturated heterocycles. The molecule has 2 aromatic heterocycles. The number of furan rings is 1. The molecule has 0 atom stereocenters. The van der Waals surface area contributed by atoms with Crippen LogP contribution in [0.3, 0.4) is 0 Å². The molecule has 0 radical (unpaired) electrons. The Labute approximate surface area is 105 Å². The lowest BCUT2D eigenvalue weighted by atomic mass is 10.2. The van der Waals surface area contributed by atoms with Gasteiger partial charge in [-0.05, 0) is 24.3 Å². The van der Waals surface area contributed by atoms with Crippen molar-refractivity contribution >= 4 is 5.82 Å². The zero-order valence-corrected chi connectivity index (χ0v) is 9.71. The molecule has 0 amide bonds. The van der Waals surface area contributed by atoms with Gasteiger partial charge in [-0.25, -0.2) is 4.98 Å². The molecule has 0 aliphatic heterocycles. The molecule has 3 heteroatoms. The van der Waals surface area contributed by atoms with Gasteiger partial charge in [0.2, 0.25) is 0 Å². The number of nitrogen functional groups attached to an aromatic ring is 1. The van der Waals surface area contributed by atoms with Crippen LogP contribution in [-0.2, 0) is 0 Å². The maximum Gasteiger partial charge on any atom is 0.138 e. The van der Waals surface area contributed by atoms with Crippen LogP contribution in [0.25, 0.3) is 22.6 Å². The van der Waals surface area contributed by atoms with Gasteiger partial charge in [0.1, 0.15) is 17.3 Å². The molecule has 0 aliphatic rings. The lowest BCUT2D eigenvalue weighted by molar-refractivity contribution is 0.597. The van der Waals surface area contributed by atoms with Crippen molar-refractivity contribution in [2.75, 3.05) is 5.73 Å². The first kappa shape index (κ1) is 10.6. The monoisotopic (exact) mass is 236 g/mol. The van der Waals surface area contributed by atoms with E-state index in [1.807, 2.05) is 54.6 Å². The minimum absolute atomic E-state index is 0.478. The second-order valence-electron chi connectivity index (χ2n) is 3.97. The lowest BCUT2D eigenvalue weighted by Crippen LogP contribution is -1.91. The Bertz CT molecular complexity index is 659. The molecule has 0 saturated carbocycles. The van der Waals surface area contributed by atoms with Crippen molar-refractivity contribution in [1.82, 2.24) is 4.98 Å². The van der Waals surface area contributed by atoms with Crippen molar-refractivity contribution in [3.05, 3.63) is 60.8 Å². The third-order valence-corrected chi connectivity index (χ3v) is 2.77. The SMILES string of the molecule is Nc1ncccc1-c1ccc(-c2ccccc2)o1. The number of aromatic nitrogens is 1. The standard InChI is InChI=1S/C15H12N2O/c16-15-12(7-4-10-17-15)14-9-8-13(18-14)11-5-2-1-3-6-11/h1-10H,(H2,16,17). The molecule has 2 heterocycles. The van der Waals surface area contributed by atoms with E-state index in [1.165, 1.54) is 0 Å². The van der Waals surface area contributed by atoms with Crippen molar-refractivity contribution in [3.8, 4) is 22.6 Å². The summed E-state index contributed by atoms with van der Waals surface area (Å²) in [7, 11) is 0. The molecule has 0 aliphatic carbocycles. The fraction of sp³-hybridized carbons (Fsp3) is 0. The van der Waals surface area contributed by atoms with E-state index < -0.39 is 0 Å². The average Bonchev–Trinajstić information content (AvgIpc) is 2.90. The normalized spacial score (nSPS) is 10.4. The first-order valence-corrected chi connectivity index (χ1v) is 5.71. The Morgan fingerprint density at radius 2 is 1.61 bits per heavy atom. The van der Waals surface area contributed by atoms with Gasteiger partial charge in [-0.15, -0.1) is 0 Å². The predicted octanol–water partition coefficient (Wildman–Crippen LogP) is 3.59. The fourth-order valence-corrected chi connectivity index (χ4v) is 1.87. The third kappa shape index (κ3) is 1.86. The van der Waals surface area contributed by atoms with E-state index in [4.69, 9.17) is 10.2 Å². The minimum atomic E-state index is 0.478. The molecule has 3 nitrogen and oxygen atoms in total. The zero-order chi connectivity index (χ0) is 12.4. The van der Waals surface area contributed by atoms with Crippen LogP contribution in [0.4, 0.5) is 5.82 Å². The van der Waals surface area contributed by atoms with Gasteiger partial charge in [-0.2, -0.15) is 0 Å². The van der Waals surface area contributed by atoms with E-state index in [9.17, 15) is 0 Å². The van der Waals surface area contributed by atoms with Gasteiger partial charge in [-0.3, -0.25) is 0 Å². The van der Waals surface area contributed by atoms with Gasteiger partial charge in [-0.1, -0.05) is 30.3 Å². The summed E-state index contributed by atoms with van der Waals surface area (Å²) in [6.07, 6.45) is 1.67. The zero-order valence-electron chi connectivity index (χ0n) is 9.71. The van der Waals surface area contributed by atoms with Gasteiger partial charge in [0.25, 0.3) is 0 Å². The van der Waals surface area contributed by atoms with Crippen molar-refractivity contribution in [1.29, 1.82) is 0 Å². The highest BCUT2D eigenvalue weighted by Gasteiger charge is 2.09. The molecule has 88 valence electrons. The van der Waals surface area contributed by atoms with Crippen LogP contribution in [0.15, 0.2) is 65.2 Å². The minimum Gasteiger partial charge on any atom is -0.456 e. The Morgan fingerprint density at radius 1 is 0.833 bits per heavy atom. The molecule has 18 heavy (non-hydrogen) atoms. The molecule has 0 bridgehead atoms. The smallest absolute Gasteiger partial charge is 0.138 e. The maximum atomic E-state index is 5.83. The number of hydrogen-bond donors (Lipinski definition) is 1. The number of nitrogens with zero attached hydrogens (tertiary/aromatic N) is 1. The van der Waals surface area contributed by atoms with Crippen LogP contribution in [-0.4, -0.2) is 4.98 Å². The molecule has 3 aromatic rings. The topological polar surface area (TPSA) is 52.0 Å². The maximum absolute atomic E-state index is 5.83. The highest BCUT2D eigenvalue weighted by molar-refractivity contribution is 5.71. The number of anilines is 1. The van der Waals surface area contributed by atoms with Gasteiger partial charge in [0.15, 0.2) is 0 Å². The molecular formula is C15H12N2O. The van der Waals surface area contributed by atoms with Crippen LogP contribution >= 0.6 is 0 Å². The molecular weight excluding hydrogens is 224 g/mol. The summed E-state index contributed by atoms with van der Waals surface area (Å²) in [5, 5.41) is 0. The summed E-state index contributed by atoms with van der Waals surface area (Å²) in [5.74, 6) is 2.04. The molecule has 2 N–H and O–H groups in total. The number of rotatable bonds is 2. The van der Waals surface area contributed by atoms with Gasteiger partial charge < -0.3 is 10.2 Å². The molecule has 0 fully saturated rings. The highest BCUT2D eigenvalue weighted by Crippen LogP contribution is 2.30. The number of nitrogens with two attached hydrogens (primary N) is 1. The second-order valence-corrected chi connectivity index (χ2v) is 3.97. The van der Waals surface area contributed by atoms with E-state index in [2.05, 4.69) is 4.98 Å². The van der Waals surface area contributed by atoms with Crippen LogP contribution in [0, 0.1) is 0 Å². The van der Waals surface area contributed by atoms with Gasteiger partial charge >= 0.3 is 0 Å². The largest absolute Gasteiger partial charge is 0.456 e. The number of hydrogen-bond acceptors (Lipinski definition) is 3. The summed E-state index contributed by atoms with van der Waals surface area (Å²) in [4.78, 5) is 4.06. The van der Waals surface area contributed by atoms with E-state index in [1.54, 1.807) is 6.20 Å². The van der Waals surface area contributed by atoms with E-state index in [-0.39, 0.29) is 0 Å². The first-order chi connectivity index (χ1) is 8.84. The van der Waals surface area contributed by atoms with Gasteiger partial charge in [0.05, 0.1) is 5.56 Å². The quantitative estimate of drug-likeness (QED) is 0.739. The number of benzene rings is 1. The molecule has 0 spiro atoms. The molecule has 0 unspecified atom stereocenters. The Kier molecular flexibility index (Phi) is 2.57. The summed E-state index contributed by atoms with van der Waals surface area (Å²) >= 11 is 0. The Hall–Kier alpha value is -2.55. The van der Waals surface area contributed by atoms with E-state index in [0.717, 1.165) is 22.6 Å². The Balaban J connectivity index is 2.03. The van der Waals surface area contributed by atoms with Crippen molar-refractivity contribution in [3.63, 3.8) is 0 Å². The first-order valence-electron chi connectivity index (χ1n) is 5.71. The van der Waals surface area contributed by atoms with Crippen LogP contribution in [0.1, 0.15) is 0 Å². The average molecular weight is 236 g/mol. The Morgan fingerprint density at radius 3 is 2.39 bits per heavy atom. The third-order valence-electron chi connectivity index (χ3n) is 2.77. The van der Waals surface area contributed by atoms with E-state index >= 15 is 0 Å². The van der Waals surface area contributed by atoms with Crippen LogP contribution < -0.4 is 5.73 Å². The highest BCUT2D eigenvalue weighted by atomic mass is 16.3. The lowest BCUT2D eigenvalue weighted by Gasteiger charge is -2.00. The fourth-order valence-electron chi connectivity index (χ4n) is 1.87. The van der Waals surface area contributed by atoms with Crippen molar-refractivity contribution < 1.29 is 4.42 Å². The number of pyridine rings is 1. The van der Waals surface area contributed by atoms with Crippen LogP contribution in [0.2, 0.25) is 0 Å². The van der Waals surface area contributed by atoms with E-state index in [0.29, 0.717) is 5.82 Å². The summed E-state index contributed by atoms with van der Waals surface area (Å²) in [6.45, 7) is 0. The summed E-state index contributed by atoms with van der Waals surface area (Å²) in [5.41, 5.74) is 7.70. The second kappa shape index (κ2) is 4.37. The van der Waals surface area contributed by atoms with Gasteiger partial charge in [0, 0.05) is 11.8 Å². The van der Waals surface area contributed by atoms with Crippen molar-refractivity contribution in [2.24, 2.45) is 0 Å².